The van der Waals surface area contributed by atoms with Crippen LogP contribution in [0, 0.1) is 6.92 Å². The van der Waals surface area contributed by atoms with E-state index in [0.29, 0.717) is 10.0 Å². The van der Waals surface area contributed by atoms with Crippen molar-refractivity contribution in [1.29, 1.82) is 0 Å². The zero-order valence-electron chi connectivity index (χ0n) is 11.0. The highest BCUT2D eigenvalue weighted by atomic mass is 32.2. The number of carbonyl (C=O) groups is 1. The molecule has 0 unspecified atom stereocenters. The van der Waals surface area contributed by atoms with E-state index < -0.39 is 0 Å². The molecule has 0 fully saturated rings. The van der Waals surface area contributed by atoms with Crippen molar-refractivity contribution in [3.8, 4) is 0 Å². The third-order valence-electron chi connectivity index (χ3n) is 2.51. The number of carbonyl (C=O) groups excluding carboxylic acids is 1. The lowest BCUT2D eigenvalue weighted by Gasteiger charge is -1.96. The Hall–Kier alpha value is -1.22. The summed E-state index contributed by atoms with van der Waals surface area (Å²) < 4.78 is 0.862. The average Bonchev–Trinajstić information content (AvgIpc) is 3.17. The molecule has 0 saturated carbocycles. The van der Waals surface area contributed by atoms with Crippen LogP contribution in [0.3, 0.4) is 0 Å². The molecule has 108 valence electrons. The van der Waals surface area contributed by atoms with Crippen molar-refractivity contribution in [2.75, 3.05) is 5.32 Å². The van der Waals surface area contributed by atoms with Gasteiger partial charge in [0.05, 0.1) is 4.88 Å². The molecular formula is C13H11N3OS4. The quantitative estimate of drug-likeness (QED) is 0.541. The van der Waals surface area contributed by atoms with E-state index in [0.717, 1.165) is 15.0 Å². The van der Waals surface area contributed by atoms with Crippen molar-refractivity contribution in [3.05, 3.63) is 44.3 Å². The Balaban J connectivity index is 1.58. The second kappa shape index (κ2) is 6.69. The topological polar surface area (TPSA) is 54.9 Å². The number of nitrogens with zero attached hydrogens (tertiary/aromatic N) is 2. The standard InChI is InChI=1S/C13H11N3OS4/c1-8-4-5-10(20-8)11(17)14-12-15-16-13(21-12)19-7-9-3-2-6-18-9/h2-6H,7H2,1H3,(H,14,15,17). The van der Waals surface area contributed by atoms with Gasteiger partial charge in [0.25, 0.3) is 5.91 Å². The maximum absolute atomic E-state index is 12.0. The van der Waals surface area contributed by atoms with Crippen molar-refractivity contribution in [2.24, 2.45) is 0 Å². The number of amides is 1. The summed E-state index contributed by atoms with van der Waals surface area (Å²) >= 11 is 6.23. The summed E-state index contributed by atoms with van der Waals surface area (Å²) in [6.07, 6.45) is 0. The third-order valence-corrected chi connectivity index (χ3v) is 6.59. The molecule has 4 nitrogen and oxygen atoms in total. The van der Waals surface area contributed by atoms with Gasteiger partial charge in [-0.2, -0.15) is 0 Å². The van der Waals surface area contributed by atoms with Gasteiger partial charge in [-0.1, -0.05) is 29.2 Å². The molecule has 3 aromatic heterocycles. The van der Waals surface area contributed by atoms with E-state index in [9.17, 15) is 4.79 Å². The number of rotatable bonds is 5. The first kappa shape index (κ1) is 14.7. The summed E-state index contributed by atoms with van der Waals surface area (Å²) in [5.41, 5.74) is 0. The molecule has 3 aromatic rings. The van der Waals surface area contributed by atoms with Crippen LogP contribution in [-0.4, -0.2) is 16.1 Å². The maximum Gasteiger partial charge on any atom is 0.267 e. The fourth-order valence-electron chi connectivity index (χ4n) is 1.56. The van der Waals surface area contributed by atoms with E-state index >= 15 is 0 Å². The van der Waals surface area contributed by atoms with Crippen LogP contribution < -0.4 is 5.32 Å². The van der Waals surface area contributed by atoms with Gasteiger partial charge in [0, 0.05) is 15.5 Å². The van der Waals surface area contributed by atoms with Gasteiger partial charge in [-0.3, -0.25) is 10.1 Å². The number of hydrogen-bond donors (Lipinski definition) is 1. The van der Waals surface area contributed by atoms with E-state index in [1.807, 2.05) is 25.1 Å². The van der Waals surface area contributed by atoms with Crippen molar-refractivity contribution in [1.82, 2.24) is 10.2 Å². The van der Waals surface area contributed by atoms with E-state index in [4.69, 9.17) is 0 Å². The second-order valence-corrected chi connectivity index (χ2v) is 8.63. The van der Waals surface area contributed by atoms with Crippen LogP contribution >= 0.6 is 45.8 Å². The van der Waals surface area contributed by atoms with Crippen LogP contribution in [0.25, 0.3) is 0 Å². The highest BCUT2D eigenvalue weighted by molar-refractivity contribution is 8.00. The molecule has 21 heavy (non-hydrogen) atoms. The van der Waals surface area contributed by atoms with Crippen LogP contribution in [0.5, 0.6) is 0 Å². The molecule has 0 aromatic carbocycles. The largest absolute Gasteiger partial charge is 0.296 e. The molecule has 0 aliphatic rings. The average molecular weight is 354 g/mol. The van der Waals surface area contributed by atoms with Crippen molar-refractivity contribution < 1.29 is 4.79 Å². The number of aromatic nitrogens is 2. The minimum Gasteiger partial charge on any atom is -0.296 e. The molecule has 1 N–H and O–H groups in total. The number of aryl methyl sites for hydroxylation is 1. The van der Waals surface area contributed by atoms with Gasteiger partial charge in [0.1, 0.15) is 0 Å². The molecule has 3 rings (SSSR count). The molecule has 0 spiro atoms. The fourth-order valence-corrected chi connectivity index (χ4v) is 4.84. The summed E-state index contributed by atoms with van der Waals surface area (Å²) in [6.45, 7) is 1.98. The Morgan fingerprint density at radius 3 is 2.90 bits per heavy atom. The molecule has 0 bridgehead atoms. The highest BCUT2D eigenvalue weighted by Gasteiger charge is 2.12. The Kier molecular flexibility index (Phi) is 4.69. The predicted molar refractivity (Wildman–Crippen MR) is 90.8 cm³/mol. The van der Waals surface area contributed by atoms with Crippen molar-refractivity contribution in [3.63, 3.8) is 0 Å². The number of anilines is 1. The SMILES string of the molecule is Cc1ccc(C(=O)Nc2nnc(SCc3cccs3)s2)s1. The summed E-state index contributed by atoms with van der Waals surface area (Å²) in [5, 5.41) is 13.5. The zero-order chi connectivity index (χ0) is 14.7. The number of hydrogen-bond acceptors (Lipinski definition) is 7. The monoisotopic (exact) mass is 353 g/mol. The molecule has 1 amide bonds. The number of nitrogens with one attached hydrogen (secondary N) is 1. The van der Waals surface area contributed by atoms with E-state index in [1.54, 1.807) is 23.1 Å². The predicted octanol–water partition coefficient (Wildman–Crippen LogP) is 4.51. The van der Waals surface area contributed by atoms with E-state index in [2.05, 4.69) is 27.0 Å². The first-order valence-electron chi connectivity index (χ1n) is 6.07. The van der Waals surface area contributed by atoms with Gasteiger partial charge in [-0.25, -0.2) is 0 Å². The zero-order valence-corrected chi connectivity index (χ0v) is 14.3. The van der Waals surface area contributed by atoms with E-state index in [1.165, 1.54) is 27.6 Å². The lowest BCUT2D eigenvalue weighted by molar-refractivity contribution is 0.103. The van der Waals surface area contributed by atoms with Gasteiger partial charge >= 0.3 is 0 Å². The summed E-state index contributed by atoms with van der Waals surface area (Å²) in [6, 6.07) is 7.89. The first-order chi connectivity index (χ1) is 10.2. The smallest absolute Gasteiger partial charge is 0.267 e. The Morgan fingerprint density at radius 2 is 2.19 bits per heavy atom. The Labute approximate surface area is 138 Å². The summed E-state index contributed by atoms with van der Waals surface area (Å²) in [5.74, 6) is 0.753. The Bertz CT molecular complexity index is 732. The molecule has 0 radical (unpaired) electrons. The van der Waals surface area contributed by atoms with Crippen LogP contribution in [0.4, 0.5) is 5.13 Å². The molecule has 8 heteroatoms. The molecular weight excluding hydrogens is 342 g/mol. The highest BCUT2D eigenvalue weighted by Crippen LogP contribution is 2.29. The molecule has 0 atom stereocenters. The second-order valence-electron chi connectivity index (χ2n) is 4.11. The van der Waals surface area contributed by atoms with Gasteiger partial charge in [0.2, 0.25) is 5.13 Å². The lowest BCUT2D eigenvalue weighted by atomic mass is 10.4. The number of thioether (sulfide) groups is 1. The first-order valence-corrected chi connectivity index (χ1v) is 9.57. The molecule has 0 aliphatic carbocycles. The third kappa shape index (κ3) is 3.91. The minimum atomic E-state index is -0.126. The van der Waals surface area contributed by atoms with Gasteiger partial charge in [0.15, 0.2) is 4.34 Å². The Morgan fingerprint density at radius 1 is 1.29 bits per heavy atom. The van der Waals surface area contributed by atoms with Crippen LogP contribution in [0.2, 0.25) is 0 Å². The summed E-state index contributed by atoms with van der Waals surface area (Å²) in [7, 11) is 0. The normalized spacial score (nSPS) is 10.7. The van der Waals surface area contributed by atoms with Gasteiger partial charge in [-0.05, 0) is 30.5 Å². The summed E-state index contributed by atoms with van der Waals surface area (Å²) in [4.78, 5) is 15.1. The molecule has 3 heterocycles. The van der Waals surface area contributed by atoms with Crippen molar-refractivity contribution in [2.45, 2.75) is 17.0 Å². The number of thiophene rings is 2. The van der Waals surface area contributed by atoms with Crippen LogP contribution in [-0.2, 0) is 5.75 Å². The lowest BCUT2D eigenvalue weighted by Crippen LogP contribution is -2.09. The molecule has 0 aliphatic heterocycles. The van der Waals surface area contributed by atoms with E-state index in [-0.39, 0.29) is 5.91 Å². The van der Waals surface area contributed by atoms with Gasteiger partial charge in [-0.15, -0.1) is 32.9 Å². The van der Waals surface area contributed by atoms with Crippen molar-refractivity contribution >= 4 is 56.8 Å². The van der Waals surface area contributed by atoms with Crippen LogP contribution in [0.15, 0.2) is 34.0 Å². The van der Waals surface area contributed by atoms with Gasteiger partial charge < -0.3 is 0 Å². The van der Waals surface area contributed by atoms with Crippen LogP contribution in [0.1, 0.15) is 19.4 Å². The molecule has 0 saturated heterocycles. The maximum atomic E-state index is 12.0. The fraction of sp³-hybridized carbons (Fsp3) is 0.154. The minimum absolute atomic E-state index is 0.126.